The molecule has 2 unspecified atom stereocenters. The van der Waals surface area contributed by atoms with Crippen molar-refractivity contribution in [3.8, 4) is 0 Å². The van der Waals surface area contributed by atoms with Crippen molar-refractivity contribution in [1.29, 1.82) is 0 Å². The van der Waals surface area contributed by atoms with E-state index in [9.17, 15) is 4.79 Å². The van der Waals surface area contributed by atoms with Crippen molar-refractivity contribution in [2.75, 3.05) is 19.7 Å². The van der Waals surface area contributed by atoms with Crippen LogP contribution in [0.2, 0.25) is 5.02 Å². The normalized spacial score (nSPS) is 21.2. The summed E-state index contributed by atoms with van der Waals surface area (Å²) in [7, 11) is 0. The Balaban J connectivity index is 2.07. The Labute approximate surface area is 131 Å². The number of morpholine rings is 1. The molecule has 1 amide bonds. The number of rotatable bonds is 2. The standard InChI is InChI=1S/C16H23ClN2O2/c1-16(2,3)14(18)15(20)19-8-9-21-13(10-19)11-4-6-12(17)7-5-11/h4-7,13-14H,8-10,18H2,1-3H3. The van der Waals surface area contributed by atoms with Crippen LogP contribution in [0.25, 0.3) is 0 Å². The van der Waals surface area contributed by atoms with E-state index in [0.29, 0.717) is 24.7 Å². The number of hydrogen-bond acceptors (Lipinski definition) is 3. The molecule has 2 N–H and O–H groups in total. The van der Waals surface area contributed by atoms with Crippen LogP contribution in [0.5, 0.6) is 0 Å². The third-order valence-corrected chi connectivity index (χ3v) is 4.07. The minimum Gasteiger partial charge on any atom is -0.370 e. The molecule has 1 aliphatic heterocycles. The fourth-order valence-corrected chi connectivity index (χ4v) is 2.42. The Bertz CT molecular complexity index is 496. The van der Waals surface area contributed by atoms with E-state index in [0.717, 1.165) is 5.56 Å². The van der Waals surface area contributed by atoms with Crippen molar-refractivity contribution in [1.82, 2.24) is 4.90 Å². The molecule has 0 spiro atoms. The maximum atomic E-state index is 12.5. The molecule has 0 aliphatic carbocycles. The minimum atomic E-state index is -0.499. The van der Waals surface area contributed by atoms with Gasteiger partial charge in [0.05, 0.1) is 19.2 Å². The van der Waals surface area contributed by atoms with E-state index in [2.05, 4.69) is 0 Å². The van der Waals surface area contributed by atoms with Crippen molar-refractivity contribution < 1.29 is 9.53 Å². The van der Waals surface area contributed by atoms with E-state index in [4.69, 9.17) is 22.1 Å². The second-order valence-electron chi connectivity index (χ2n) is 6.54. The molecule has 2 atom stereocenters. The molecule has 2 rings (SSSR count). The fourth-order valence-electron chi connectivity index (χ4n) is 2.30. The lowest BCUT2D eigenvalue weighted by Gasteiger charge is -2.37. The van der Waals surface area contributed by atoms with E-state index in [1.807, 2.05) is 45.0 Å². The van der Waals surface area contributed by atoms with Gasteiger partial charge in [0.15, 0.2) is 0 Å². The number of hydrogen-bond donors (Lipinski definition) is 1. The quantitative estimate of drug-likeness (QED) is 0.913. The van der Waals surface area contributed by atoms with Gasteiger partial charge in [0.2, 0.25) is 5.91 Å². The third kappa shape index (κ3) is 3.96. The van der Waals surface area contributed by atoms with Gasteiger partial charge in [-0.2, -0.15) is 0 Å². The SMILES string of the molecule is CC(C)(C)C(N)C(=O)N1CCOC(c2ccc(Cl)cc2)C1. The van der Waals surface area contributed by atoms with Crippen LogP contribution in [0, 0.1) is 5.41 Å². The van der Waals surface area contributed by atoms with Crippen LogP contribution in [0.15, 0.2) is 24.3 Å². The van der Waals surface area contributed by atoms with Gasteiger partial charge in [-0.1, -0.05) is 44.5 Å². The Kier molecular flexibility index (Phi) is 4.91. The Hall–Kier alpha value is -1.10. The van der Waals surface area contributed by atoms with Crippen LogP contribution in [0.3, 0.4) is 0 Å². The molecule has 1 saturated heterocycles. The van der Waals surface area contributed by atoms with Gasteiger partial charge in [0.1, 0.15) is 6.10 Å². The number of halogens is 1. The summed E-state index contributed by atoms with van der Waals surface area (Å²) < 4.78 is 5.77. The first-order valence-electron chi connectivity index (χ1n) is 7.20. The van der Waals surface area contributed by atoms with Gasteiger partial charge in [0, 0.05) is 11.6 Å². The minimum absolute atomic E-state index is 0.00948. The molecule has 1 aromatic rings. The molecule has 5 heteroatoms. The summed E-state index contributed by atoms with van der Waals surface area (Å²) in [6.45, 7) is 7.58. The first-order valence-corrected chi connectivity index (χ1v) is 7.58. The average molecular weight is 311 g/mol. The highest BCUT2D eigenvalue weighted by Crippen LogP contribution is 2.26. The zero-order chi connectivity index (χ0) is 15.6. The predicted octanol–water partition coefficient (Wildman–Crippen LogP) is 2.61. The Morgan fingerprint density at radius 1 is 1.38 bits per heavy atom. The zero-order valence-electron chi connectivity index (χ0n) is 12.8. The van der Waals surface area contributed by atoms with Gasteiger partial charge in [0.25, 0.3) is 0 Å². The number of carbonyl (C=O) groups excluding carboxylic acids is 1. The summed E-state index contributed by atoms with van der Waals surface area (Å²) in [6, 6.07) is 7.04. The lowest BCUT2D eigenvalue weighted by Crippen LogP contribution is -2.53. The highest BCUT2D eigenvalue weighted by atomic mass is 35.5. The molecule has 4 nitrogen and oxygen atoms in total. The average Bonchev–Trinajstić information content (AvgIpc) is 2.45. The lowest BCUT2D eigenvalue weighted by molar-refractivity contribution is -0.142. The maximum Gasteiger partial charge on any atom is 0.240 e. The van der Waals surface area contributed by atoms with Gasteiger partial charge in [-0.15, -0.1) is 0 Å². The molecular weight excluding hydrogens is 288 g/mol. The summed E-state index contributed by atoms with van der Waals surface area (Å²) >= 11 is 5.90. The van der Waals surface area contributed by atoms with Crippen LogP contribution >= 0.6 is 11.6 Å². The molecule has 116 valence electrons. The smallest absolute Gasteiger partial charge is 0.240 e. The molecule has 21 heavy (non-hydrogen) atoms. The summed E-state index contributed by atoms with van der Waals surface area (Å²) in [5.74, 6) is -0.00948. The Morgan fingerprint density at radius 3 is 2.57 bits per heavy atom. The van der Waals surface area contributed by atoms with Crippen molar-refractivity contribution in [3.63, 3.8) is 0 Å². The predicted molar refractivity (Wildman–Crippen MR) is 84.2 cm³/mol. The van der Waals surface area contributed by atoms with Crippen LogP contribution in [0.4, 0.5) is 0 Å². The molecule has 0 bridgehead atoms. The Morgan fingerprint density at radius 2 is 2.00 bits per heavy atom. The van der Waals surface area contributed by atoms with Gasteiger partial charge < -0.3 is 15.4 Å². The van der Waals surface area contributed by atoms with Crippen molar-refractivity contribution in [2.45, 2.75) is 32.9 Å². The summed E-state index contributed by atoms with van der Waals surface area (Å²) in [5.41, 5.74) is 6.86. The van der Waals surface area contributed by atoms with Crippen LogP contribution in [-0.2, 0) is 9.53 Å². The maximum absolute atomic E-state index is 12.5. The first kappa shape index (κ1) is 16.3. The summed E-state index contributed by atoms with van der Waals surface area (Å²) in [5, 5.41) is 0.692. The van der Waals surface area contributed by atoms with E-state index < -0.39 is 6.04 Å². The highest BCUT2D eigenvalue weighted by molar-refractivity contribution is 6.30. The van der Waals surface area contributed by atoms with Crippen LogP contribution in [-0.4, -0.2) is 36.5 Å². The zero-order valence-corrected chi connectivity index (χ0v) is 13.6. The molecule has 0 radical (unpaired) electrons. The number of benzene rings is 1. The molecule has 0 saturated carbocycles. The highest BCUT2D eigenvalue weighted by Gasteiger charge is 2.34. The topological polar surface area (TPSA) is 55.6 Å². The van der Waals surface area contributed by atoms with E-state index >= 15 is 0 Å². The fraction of sp³-hybridized carbons (Fsp3) is 0.562. The van der Waals surface area contributed by atoms with Gasteiger partial charge in [-0.05, 0) is 23.1 Å². The molecule has 1 aromatic carbocycles. The molecule has 0 aromatic heterocycles. The largest absolute Gasteiger partial charge is 0.370 e. The molecule has 1 fully saturated rings. The summed E-state index contributed by atoms with van der Waals surface area (Å²) in [6.07, 6.45) is -0.118. The van der Waals surface area contributed by atoms with E-state index in [-0.39, 0.29) is 17.4 Å². The van der Waals surface area contributed by atoms with E-state index in [1.54, 1.807) is 4.90 Å². The number of ether oxygens (including phenoxy) is 1. The second-order valence-corrected chi connectivity index (χ2v) is 6.98. The third-order valence-electron chi connectivity index (χ3n) is 3.82. The van der Waals surface area contributed by atoms with Crippen molar-refractivity contribution >= 4 is 17.5 Å². The molecule has 1 aliphatic rings. The number of amides is 1. The first-order chi connectivity index (χ1) is 9.79. The number of nitrogens with two attached hydrogens (primary N) is 1. The van der Waals surface area contributed by atoms with Gasteiger partial charge >= 0.3 is 0 Å². The monoisotopic (exact) mass is 310 g/mol. The molecule has 1 heterocycles. The molecular formula is C16H23ClN2O2. The van der Waals surface area contributed by atoms with E-state index in [1.165, 1.54) is 0 Å². The number of carbonyl (C=O) groups is 1. The second kappa shape index (κ2) is 6.34. The van der Waals surface area contributed by atoms with Crippen molar-refractivity contribution in [3.05, 3.63) is 34.9 Å². The van der Waals surface area contributed by atoms with Crippen molar-refractivity contribution in [2.24, 2.45) is 11.1 Å². The number of nitrogens with zero attached hydrogens (tertiary/aromatic N) is 1. The van der Waals surface area contributed by atoms with Crippen LogP contribution in [0.1, 0.15) is 32.4 Å². The van der Waals surface area contributed by atoms with Gasteiger partial charge in [-0.3, -0.25) is 4.79 Å². The van der Waals surface area contributed by atoms with Crippen LogP contribution < -0.4 is 5.73 Å². The summed E-state index contributed by atoms with van der Waals surface area (Å²) in [4.78, 5) is 14.3. The van der Waals surface area contributed by atoms with Gasteiger partial charge in [-0.25, -0.2) is 0 Å². The lowest BCUT2D eigenvalue weighted by atomic mass is 9.86.